The second-order valence-corrected chi connectivity index (χ2v) is 2.17. The van der Waals surface area contributed by atoms with Crippen LogP contribution in [0.5, 0.6) is 0 Å². The quantitative estimate of drug-likeness (QED) is 0.572. The molecule has 1 aliphatic carbocycles. The molecule has 0 N–H and O–H groups in total. The van der Waals surface area contributed by atoms with E-state index < -0.39 is 0 Å². The van der Waals surface area contributed by atoms with Gasteiger partial charge in [0, 0.05) is 14.2 Å². The van der Waals surface area contributed by atoms with E-state index >= 15 is 0 Å². The van der Waals surface area contributed by atoms with E-state index in [-0.39, 0.29) is 12.2 Å². The van der Waals surface area contributed by atoms with Crippen LogP contribution in [-0.4, -0.2) is 26.4 Å². The highest BCUT2D eigenvalue weighted by molar-refractivity contribution is 5.16. The van der Waals surface area contributed by atoms with Crippen LogP contribution in [0.15, 0.2) is 24.3 Å². The molecule has 0 aromatic rings. The highest BCUT2D eigenvalue weighted by atomic mass is 16.5. The van der Waals surface area contributed by atoms with E-state index in [0.29, 0.717) is 0 Å². The predicted octanol–water partition coefficient (Wildman–Crippen LogP) is 1.14. The van der Waals surface area contributed by atoms with Crippen molar-refractivity contribution in [2.24, 2.45) is 0 Å². The molecular weight excluding hydrogens is 128 g/mol. The Labute approximate surface area is 61.1 Å². The molecule has 0 radical (unpaired) electrons. The van der Waals surface area contributed by atoms with Crippen LogP contribution in [-0.2, 0) is 9.47 Å². The molecule has 2 heteroatoms. The monoisotopic (exact) mass is 140 g/mol. The molecule has 2 nitrogen and oxygen atoms in total. The minimum atomic E-state index is 0.0787. The lowest BCUT2D eigenvalue weighted by Crippen LogP contribution is -2.27. The lowest BCUT2D eigenvalue weighted by Gasteiger charge is -2.20. The maximum atomic E-state index is 5.13. The summed E-state index contributed by atoms with van der Waals surface area (Å²) < 4.78 is 10.3. The topological polar surface area (TPSA) is 18.5 Å². The third-order valence-corrected chi connectivity index (χ3v) is 1.58. The fraction of sp³-hybridized carbons (Fsp3) is 0.500. The smallest absolute Gasteiger partial charge is 0.105 e. The first-order valence-corrected chi connectivity index (χ1v) is 3.29. The van der Waals surface area contributed by atoms with Gasteiger partial charge >= 0.3 is 0 Å². The summed E-state index contributed by atoms with van der Waals surface area (Å²) in [5, 5.41) is 0. The summed E-state index contributed by atoms with van der Waals surface area (Å²) in [6, 6.07) is 0. The van der Waals surface area contributed by atoms with Gasteiger partial charge in [-0.3, -0.25) is 0 Å². The Balaban J connectivity index is 2.55. The predicted molar refractivity (Wildman–Crippen MR) is 39.9 cm³/mol. The Hall–Kier alpha value is -0.600. The van der Waals surface area contributed by atoms with Crippen molar-refractivity contribution in [2.45, 2.75) is 12.2 Å². The maximum absolute atomic E-state index is 5.13. The van der Waals surface area contributed by atoms with Gasteiger partial charge < -0.3 is 9.47 Å². The first-order chi connectivity index (χ1) is 4.88. The van der Waals surface area contributed by atoms with Crippen LogP contribution in [0.2, 0.25) is 0 Å². The zero-order chi connectivity index (χ0) is 7.40. The van der Waals surface area contributed by atoms with Gasteiger partial charge in [-0.1, -0.05) is 24.3 Å². The molecule has 0 aromatic carbocycles. The van der Waals surface area contributed by atoms with Gasteiger partial charge in [-0.2, -0.15) is 0 Å². The molecule has 0 saturated carbocycles. The van der Waals surface area contributed by atoms with E-state index in [0.717, 1.165) is 0 Å². The summed E-state index contributed by atoms with van der Waals surface area (Å²) in [6.45, 7) is 0. The van der Waals surface area contributed by atoms with E-state index in [9.17, 15) is 0 Å². The van der Waals surface area contributed by atoms with Crippen molar-refractivity contribution in [3.8, 4) is 0 Å². The van der Waals surface area contributed by atoms with Gasteiger partial charge in [-0.15, -0.1) is 0 Å². The molecule has 2 atom stereocenters. The highest BCUT2D eigenvalue weighted by Gasteiger charge is 2.16. The van der Waals surface area contributed by atoms with E-state index in [1.807, 2.05) is 24.3 Å². The number of hydrogen-bond acceptors (Lipinski definition) is 2. The molecule has 0 spiro atoms. The van der Waals surface area contributed by atoms with Gasteiger partial charge in [0.15, 0.2) is 0 Å². The largest absolute Gasteiger partial charge is 0.374 e. The third-order valence-electron chi connectivity index (χ3n) is 1.58. The Kier molecular flexibility index (Phi) is 2.66. The van der Waals surface area contributed by atoms with Crippen LogP contribution >= 0.6 is 0 Å². The summed E-state index contributed by atoms with van der Waals surface area (Å²) in [4.78, 5) is 0. The molecule has 0 aliphatic heterocycles. The number of allylic oxidation sites excluding steroid dienone is 2. The van der Waals surface area contributed by atoms with Gasteiger partial charge in [0.1, 0.15) is 12.2 Å². The SMILES string of the molecule is CO[C@H]1C=CC=C[C@H]1OC. The van der Waals surface area contributed by atoms with Crippen LogP contribution < -0.4 is 0 Å². The van der Waals surface area contributed by atoms with Crippen molar-refractivity contribution in [3.63, 3.8) is 0 Å². The standard InChI is InChI=1S/C8H12O2/c1-9-7-5-3-4-6-8(7)10-2/h3-8H,1-2H3/t7-,8+. The highest BCUT2D eigenvalue weighted by Crippen LogP contribution is 2.10. The van der Waals surface area contributed by atoms with Gasteiger partial charge in [0.2, 0.25) is 0 Å². The number of hydrogen-bond donors (Lipinski definition) is 0. The average molecular weight is 140 g/mol. The fourth-order valence-corrected chi connectivity index (χ4v) is 0.992. The van der Waals surface area contributed by atoms with E-state index in [2.05, 4.69) is 0 Å². The Morgan fingerprint density at radius 3 is 1.60 bits per heavy atom. The molecule has 1 rings (SSSR count). The molecule has 0 saturated heterocycles. The lowest BCUT2D eigenvalue weighted by molar-refractivity contribution is 0.0140. The van der Waals surface area contributed by atoms with Crippen molar-refractivity contribution in [1.82, 2.24) is 0 Å². The molecule has 56 valence electrons. The molecule has 1 aliphatic rings. The van der Waals surface area contributed by atoms with Gasteiger partial charge in [-0.25, -0.2) is 0 Å². The zero-order valence-corrected chi connectivity index (χ0v) is 6.28. The van der Waals surface area contributed by atoms with E-state index in [4.69, 9.17) is 9.47 Å². The summed E-state index contributed by atoms with van der Waals surface area (Å²) >= 11 is 0. The molecular formula is C8H12O2. The van der Waals surface area contributed by atoms with Crippen molar-refractivity contribution < 1.29 is 9.47 Å². The van der Waals surface area contributed by atoms with Crippen LogP contribution in [0.3, 0.4) is 0 Å². The Morgan fingerprint density at radius 2 is 1.30 bits per heavy atom. The number of rotatable bonds is 2. The molecule has 0 fully saturated rings. The van der Waals surface area contributed by atoms with Gasteiger partial charge in [0.25, 0.3) is 0 Å². The summed E-state index contributed by atoms with van der Waals surface area (Å²) in [5.74, 6) is 0. The first-order valence-electron chi connectivity index (χ1n) is 3.29. The normalized spacial score (nSPS) is 31.0. The third kappa shape index (κ3) is 1.46. The number of methoxy groups -OCH3 is 2. The summed E-state index contributed by atoms with van der Waals surface area (Å²) in [7, 11) is 3.36. The summed E-state index contributed by atoms with van der Waals surface area (Å²) in [5.41, 5.74) is 0. The molecule has 10 heavy (non-hydrogen) atoms. The maximum Gasteiger partial charge on any atom is 0.105 e. The molecule has 0 amide bonds. The number of ether oxygens (including phenoxy) is 2. The van der Waals surface area contributed by atoms with Crippen molar-refractivity contribution in [1.29, 1.82) is 0 Å². The fourth-order valence-electron chi connectivity index (χ4n) is 0.992. The average Bonchev–Trinajstić information content (AvgIpc) is 2.04. The van der Waals surface area contributed by atoms with Crippen LogP contribution in [0.4, 0.5) is 0 Å². The molecule has 0 aromatic heterocycles. The van der Waals surface area contributed by atoms with Gasteiger partial charge in [-0.05, 0) is 0 Å². The molecule has 0 unspecified atom stereocenters. The second-order valence-electron chi connectivity index (χ2n) is 2.17. The van der Waals surface area contributed by atoms with E-state index in [1.54, 1.807) is 14.2 Å². The zero-order valence-electron chi connectivity index (χ0n) is 6.28. The molecule has 0 heterocycles. The van der Waals surface area contributed by atoms with Gasteiger partial charge in [0.05, 0.1) is 0 Å². The van der Waals surface area contributed by atoms with Crippen LogP contribution in [0, 0.1) is 0 Å². The van der Waals surface area contributed by atoms with Crippen LogP contribution in [0.1, 0.15) is 0 Å². The summed E-state index contributed by atoms with van der Waals surface area (Å²) in [6.07, 6.45) is 8.04. The van der Waals surface area contributed by atoms with Crippen molar-refractivity contribution in [2.75, 3.05) is 14.2 Å². The first kappa shape index (κ1) is 7.51. The van der Waals surface area contributed by atoms with Crippen LogP contribution in [0.25, 0.3) is 0 Å². The van der Waals surface area contributed by atoms with E-state index in [1.165, 1.54) is 0 Å². The lowest BCUT2D eigenvalue weighted by atomic mass is 10.1. The Morgan fingerprint density at radius 1 is 0.900 bits per heavy atom. The minimum Gasteiger partial charge on any atom is -0.374 e. The second kappa shape index (κ2) is 3.54. The molecule has 0 bridgehead atoms. The van der Waals surface area contributed by atoms with Crippen molar-refractivity contribution >= 4 is 0 Å². The Bertz CT molecular complexity index is 131. The minimum absolute atomic E-state index is 0.0787. The van der Waals surface area contributed by atoms with Crippen molar-refractivity contribution in [3.05, 3.63) is 24.3 Å².